The molecule has 0 spiro atoms. The van der Waals surface area contributed by atoms with Crippen molar-refractivity contribution in [3.05, 3.63) is 24.0 Å². The van der Waals surface area contributed by atoms with E-state index in [0.717, 1.165) is 5.56 Å². The van der Waals surface area contributed by atoms with Crippen LogP contribution in [0.15, 0.2) is 18.5 Å². The molecule has 0 unspecified atom stereocenters. The highest BCUT2D eigenvalue weighted by molar-refractivity contribution is 5.95. The molecule has 96 valence electrons. The van der Waals surface area contributed by atoms with Gasteiger partial charge >= 0.3 is 5.97 Å². The molecule has 0 bridgehead atoms. The van der Waals surface area contributed by atoms with Crippen molar-refractivity contribution in [3.63, 3.8) is 0 Å². The maximum atomic E-state index is 11.9. The Morgan fingerprint density at radius 2 is 2.11 bits per heavy atom. The average molecular weight is 249 g/mol. The van der Waals surface area contributed by atoms with E-state index in [4.69, 9.17) is 5.11 Å². The molecule has 1 amide bonds. The number of nitrogens with zero attached hydrogens (tertiary/aromatic N) is 1. The van der Waals surface area contributed by atoms with Crippen LogP contribution in [0.4, 0.5) is 5.69 Å². The highest BCUT2D eigenvalue weighted by Crippen LogP contribution is 2.15. The molecule has 2 atom stereocenters. The average Bonchev–Trinajstić information content (AvgIpc) is 2.78. The van der Waals surface area contributed by atoms with Crippen LogP contribution in [0, 0.1) is 6.92 Å². The summed E-state index contributed by atoms with van der Waals surface area (Å²) in [7, 11) is 0. The molecular weight excluding hydrogens is 234 g/mol. The normalized spacial score (nSPS) is 22.7. The van der Waals surface area contributed by atoms with Crippen molar-refractivity contribution in [2.24, 2.45) is 0 Å². The molecule has 0 aliphatic carbocycles. The summed E-state index contributed by atoms with van der Waals surface area (Å²) < 4.78 is 0. The Kier molecular flexibility index (Phi) is 3.57. The van der Waals surface area contributed by atoms with Crippen LogP contribution in [0.3, 0.4) is 0 Å². The van der Waals surface area contributed by atoms with Gasteiger partial charge in [-0.25, -0.2) is 0 Å². The number of pyridine rings is 1. The van der Waals surface area contributed by atoms with Gasteiger partial charge in [-0.2, -0.15) is 0 Å². The number of carbonyl (C=O) groups excluding carboxylic acids is 1. The van der Waals surface area contributed by atoms with E-state index >= 15 is 0 Å². The first-order valence-corrected chi connectivity index (χ1v) is 5.77. The lowest BCUT2D eigenvalue weighted by Crippen LogP contribution is -2.41. The van der Waals surface area contributed by atoms with Gasteiger partial charge in [-0.15, -0.1) is 0 Å². The van der Waals surface area contributed by atoms with Gasteiger partial charge in [0.05, 0.1) is 17.9 Å². The van der Waals surface area contributed by atoms with Crippen LogP contribution in [0.5, 0.6) is 0 Å². The molecule has 3 N–H and O–H groups in total. The van der Waals surface area contributed by atoms with E-state index in [1.165, 1.54) is 0 Å². The second-order valence-corrected chi connectivity index (χ2v) is 4.43. The maximum absolute atomic E-state index is 11.9. The van der Waals surface area contributed by atoms with Gasteiger partial charge in [-0.05, 0) is 31.4 Å². The Morgan fingerprint density at radius 3 is 2.72 bits per heavy atom. The standard InChI is InChI=1S/C12H15N3O3/c1-7-4-8(6-13-5-7)14-11(16)9-2-3-10(15-9)12(17)18/h4-6,9-10,15H,2-3H2,1H3,(H,14,16)(H,17,18)/t9-,10+/m1/s1. The molecule has 0 aromatic carbocycles. The number of aryl methyl sites for hydroxylation is 1. The summed E-state index contributed by atoms with van der Waals surface area (Å²) in [5.41, 5.74) is 1.58. The number of rotatable bonds is 3. The Hall–Kier alpha value is -1.95. The summed E-state index contributed by atoms with van der Waals surface area (Å²) in [5, 5.41) is 14.4. The molecule has 1 aliphatic rings. The summed E-state index contributed by atoms with van der Waals surface area (Å²) >= 11 is 0. The number of hydrogen-bond acceptors (Lipinski definition) is 4. The van der Waals surface area contributed by atoms with Gasteiger partial charge in [-0.1, -0.05) is 0 Å². The fourth-order valence-electron chi connectivity index (χ4n) is 2.00. The number of carbonyl (C=O) groups is 2. The third-order valence-corrected chi connectivity index (χ3v) is 2.90. The van der Waals surface area contributed by atoms with Gasteiger partial charge in [0.2, 0.25) is 5.91 Å². The molecule has 1 aromatic rings. The zero-order valence-corrected chi connectivity index (χ0v) is 10.0. The minimum Gasteiger partial charge on any atom is -0.480 e. The lowest BCUT2D eigenvalue weighted by Gasteiger charge is -2.12. The molecule has 6 nitrogen and oxygen atoms in total. The van der Waals surface area contributed by atoms with Crippen molar-refractivity contribution >= 4 is 17.6 Å². The van der Waals surface area contributed by atoms with Crippen molar-refractivity contribution in [3.8, 4) is 0 Å². The molecule has 0 saturated carbocycles. The Bertz CT molecular complexity index is 475. The Balaban J connectivity index is 1.95. The molecule has 2 rings (SSSR count). The first-order valence-electron chi connectivity index (χ1n) is 5.77. The lowest BCUT2D eigenvalue weighted by atomic mass is 10.2. The van der Waals surface area contributed by atoms with Crippen LogP contribution in [0.1, 0.15) is 18.4 Å². The summed E-state index contributed by atoms with van der Waals surface area (Å²) in [6.45, 7) is 1.89. The fraction of sp³-hybridized carbons (Fsp3) is 0.417. The van der Waals surface area contributed by atoms with E-state index in [9.17, 15) is 9.59 Å². The number of carboxylic acids is 1. The smallest absolute Gasteiger partial charge is 0.320 e. The van der Waals surface area contributed by atoms with Gasteiger partial charge in [0, 0.05) is 6.20 Å². The largest absolute Gasteiger partial charge is 0.480 e. The molecule has 1 fully saturated rings. The van der Waals surface area contributed by atoms with E-state index in [0.29, 0.717) is 18.5 Å². The summed E-state index contributed by atoms with van der Waals surface area (Å²) in [4.78, 5) is 26.6. The van der Waals surface area contributed by atoms with Crippen molar-refractivity contribution in [1.82, 2.24) is 10.3 Å². The molecule has 1 aliphatic heterocycles. The first-order chi connectivity index (χ1) is 8.56. The quantitative estimate of drug-likeness (QED) is 0.727. The molecule has 2 heterocycles. The van der Waals surface area contributed by atoms with E-state index in [-0.39, 0.29) is 5.91 Å². The number of aromatic nitrogens is 1. The van der Waals surface area contributed by atoms with Crippen molar-refractivity contribution in [1.29, 1.82) is 0 Å². The number of hydrogen-bond donors (Lipinski definition) is 3. The van der Waals surface area contributed by atoms with Gasteiger partial charge in [0.15, 0.2) is 0 Å². The minimum absolute atomic E-state index is 0.217. The highest BCUT2D eigenvalue weighted by Gasteiger charge is 2.32. The predicted octanol–water partition coefficient (Wildman–Crippen LogP) is 0.534. The fourth-order valence-corrected chi connectivity index (χ4v) is 2.00. The van der Waals surface area contributed by atoms with Crippen LogP contribution >= 0.6 is 0 Å². The number of carboxylic acid groups (broad SMARTS) is 1. The zero-order chi connectivity index (χ0) is 13.1. The van der Waals surface area contributed by atoms with Gasteiger partial charge in [0.1, 0.15) is 6.04 Å². The Labute approximate surface area is 104 Å². The lowest BCUT2D eigenvalue weighted by molar-refractivity contribution is -0.139. The van der Waals surface area contributed by atoms with Gasteiger partial charge < -0.3 is 10.4 Å². The van der Waals surface area contributed by atoms with Crippen LogP contribution in [-0.2, 0) is 9.59 Å². The van der Waals surface area contributed by atoms with E-state index < -0.39 is 18.1 Å². The van der Waals surface area contributed by atoms with E-state index in [2.05, 4.69) is 15.6 Å². The minimum atomic E-state index is -0.914. The number of anilines is 1. The predicted molar refractivity (Wildman–Crippen MR) is 65.2 cm³/mol. The SMILES string of the molecule is Cc1cncc(NC(=O)[C@H]2CC[C@@H](C(=O)O)N2)c1. The highest BCUT2D eigenvalue weighted by atomic mass is 16.4. The maximum Gasteiger partial charge on any atom is 0.320 e. The second kappa shape index (κ2) is 5.14. The summed E-state index contributed by atoms with van der Waals surface area (Å²) in [6, 6.07) is 0.733. The second-order valence-electron chi connectivity index (χ2n) is 4.43. The zero-order valence-electron chi connectivity index (χ0n) is 10.0. The molecular formula is C12H15N3O3. The van der Waals surface area contributed by atoms with E-state index in [1.807, 2.05) is 13.0 Å². The van der Waals surface area contributed by atoms with Crippen LogP contribution < -0.4 is 10.6 Å². The van der Waals surface area contributed by atoms with Crippen molar-refractivity contribution in [2.45, 2.75) is 31.8 Å². The number of aliphatic carboxylic acids is 1. The molecule has 18 heavy (non-hydrogen) atoms. The molecule has 1 saturated heterocycles. The first kappa shape index (κ1) is 12.5. The monoisotopic (exact) mass is 249 g/mol. The van der Waals surface area contributed by atoms with Crippen LogP contribution in [-0.4, -0.2) is 34.1 Å². The van der Waals surface area contributed by atoms with E-state index in [1.54, 1.807) is 12.4 Å². The topological polar surface area (TPSA) is 91.3 Å². The van der Waals surface area contributed by atoms with Crippen molar-refractivity contribution < 1.29 is 14.7 Å². The molecule has 0 radical (unpaired) electrons. The summed E-state index contributed by atoms with van der Waals surface area (Å²) in [6.07, 6.45) is 4.26. The number of nitrogens with one attached hydrogen (secondary N) is 2. The summed E-state index contributed by atoms with van der Waals surface area (Å²) in [5.74, 6) is -1.13. The van der Waals surface area contributed by atoms with Crippen molar-refractivity contribution in [2.75, 3.05) is 5.32 Å². The molecule has 1 aromatic heterocycles. The molecule has 6 heteroatoms. The van der Waals surface area contributed by atoms with Gasteiger partial charge in [-0.3, -0.25) is 19.9 Å². The van der Waals surface area contributed by atoms with Crippen LogP contribution in [0.2, 0.25) is 0 Å². The number of amides is 1. The third kappa shape index (κ3) is 2.84. The van der Waals surface area contributed by atoms with Gasteiger partial charge in [0.25, 0.3) is 0 Å². The third-order valence-electron chi connectivity index (χ3n) is 2.90. The van der Waals surface area contributed by atoms with Crippen LogP contribution in [0.25, 0.3) is 0 Å². The Morgan fingerprint density at radius 1 is 1.39 bits per heavy atom.